The lowest BCUT2D eigenvalue weighted by Crippen LogP contribution is -2.24. The van der Waals surface area contributed by atoms with E-state index in [2.05, 4.69) is 15.5 Å². The third-order valence-corrected chi connectivity index (χ3v) is 2.95. The van der Waals surface area contributed by atoms with E-state index in [1.807, 2.05) is 0 Å². The summed E-state index contributed by atoms with van der Waals surface area (Å²) in [4.78, 5) is 20.7. The Morgan fingerprint density at radius 1 is 1.57 bits per heavy atom. The molecule has 0 bridgehead atoms. The molecule has 1 rings (SSSR count). The van der Waals surface area contributed by atoms with E-state index in [0.29, 0.717) is 9.47 Å². The maximum atomic E-state index is 10.6. The number of nitrogens with zero attached hydrogens (tertiary/aromatic N) is 2. The van der Waals surface area contributed by atoms with Crippen LogP contribution in [0.3, 0.4) is 0 Å². The average molecular weight is 232 g/mol. The van der Waals surface area contributed by atoms with Gasteiger partial charge in [0.15, 0.2) is 4.34 Å². The fraction of sp³-hybridized carbons (Fsp3) is 0.333. The number of nitrogens with one attached hydrogen (secondary N) is 1. The number of carboxylic acids is 1. The Labute approximate surface area is 87.7 Å². The van der Waals surface area contributed by atoms with Crippen molar-refractivity contribution in [3.8, 4) is 0 Å². The summed E-state index contributed by atoms with van der Waals surface area (Å²) in [7, 11) is 0. The molecule has 0 spiro atoms. The van der Waals surface area contributed by atoms with Gasteiger partial charge in [0.25, 0.3) is 0 Å². The molecule has 1 amide bonds. The van der Waals surface area contributed by atoms with E-state index in [1.165, 1.54) is 6.92 Å². The fourth-order valence-electron chi connectivity index (χ4n) is 0.590. The van der Waals surface area contributed by atoms with Crippen LogP contribution in [0.5, 0.6) is 0 Å². The van der Waals surface area contributed by atoms with Crippen molar-refractivity contribution >= 4 is 40.1 Å². The predicted molar refractivity (Wildman–Crippen MR) is 49.9 cm³/mol. The van der Waals surface area contributed by atoms with Crippen molar-refractivity contribution in [3.05, 3.63) is 0 Å². The average Bonchev–Trinajstić information content (AvgIpc) is 2.47. The summed E-state index contributed by atoms with van der Waals surface area (Å²) in [5, 5.41) is 20.2. The van der Waals surface area contributed by atoms with Crippen LogP contribution in [0.4, 0.5) is 5.13 Å². The van der Waals surface area contributed by atoms with E-state index in [0.717, 1.165) is 23.1 Å². The van der Waals surface area contributed by atoms with Crippen LogP contribution in [0.2, 0.25) is 0 Å². The van der Waals surface area contributed by atoms with Crippen LogP contribution in [0.15, 0.2) is 4.34 Å². The second-order valence-electron chi connectivity index (χ2n) is 2.21. The van der Waals surface area contributed by atoms with E-state index in [9.17, 15) is 14.7 Å². The molecule has 0 aliphatic carbocycles. The second kappa shape index (κ2) is 4.91. The minimum Gasteiger partial charge on any atom is -0.549 e. The Morgan fingerprint density at radius 3 is 2.86 bits per heavy atom. The number of hydrogen-bond donors (Lipinski definition) is 1. The van der Waals surface area contributed by atoms with E-state index in [-0.39, 0.29) is 11.7 Å². The van der Waals surface area contributed by atoms with Crippen LogP contribution in [0.1, 0.15) is 6.92 Å². The summed E-state index contributed by atoms with van der Waals surface area (Å²) >= 11 is 2.13. The standard InChI is InChI=1S/C6H7N3O3S2/c1-3(10)7-5-8-9-6(14-5)13-2-4(11)12/h2H2,1H3,(H,11,12)(H,7,8,10)/p-1. The zero-order valence-corrected chi connectivity index (χ0v) is 8.78. The molecule has 6 nitrogen and oxygen atoms in total. The lowest BCUT2D eigenvalue weighted by Gasteiger charge is -1.96. The van der Waals surface area contributed by atoms with Gasteiger partial charge in [-0.05, 0) is 0 Å². The van der Waals surface area contributed by atoms with Gasteiger partial charge in [0.05, 0.1) is 5.97 Å². The molecule has 1 aromatic heterocycles. The third kappa shape index (κ3) is 3.71. The van der Waals surface area contributed by atoms with E-state index < -0.39 is 5.97 Å². The monoisotopic (exact) mass is 232 g/mol. The molecule has 0 saturated heterocycles. The summed E-state index contributed by atoms with van der Waals surface area (Å²) in [6.07, 6.45) is 0. The maximum Gasteiger partial charge on any atom is 0.223 e. The van der Waals surface area contributed by atoms with Crippen molar-refractivity contribution in [2.24, 2.45) is 0 Å². The number of aliphatic carboxylic acids is 1. The Morgan fingerprint density at radius 2 is 2.29 bits per heavy atom. The smallest absolute Gasteiger partial charge is 0.223 e. The van der Waals surface area contributed by atoms with Gasteiger partial charge in [-0.2, -0.15) is 0 Å². The number of carbonyl (C=O) groups excluding carboxylic acids is 2. The molecule has 1 heterocycles. The number of carbonyl (C=O) groups is 2. The summed E-state index contributed by atoms with van der Waals surface area (Å²) < 4.78 is 0.484. The number of thioether (sulfide) groups is 1. The first-order valence-corrected chi connectivity index (χ1v) is 5.32. The highest BCUT2D eigenvalue weighted by molar-refractivity contribution is 8.01. The molecule has 14 heavy (non-hydrogen) atoms. The molecule has 0 radical (unpaired) electrons. The summed E-state index contributed by atoms with van der Waals surface area (Å²) in [6, 6.07) is 0. The number of aromatic nitrogens is 2. The molecule has 76 valence electrons. The molecule has 1 aromatic rings. The molecule has 0 aromatic carbocycles. The number of amides is 1. The normalized spacial score (nSPS) is 9.79. The third-order valence-electron chi connectivity index (χ3n) is 1.00. The molecule has 0 unspecified atom stereocenters. The van der Waals surface area contributed by atoms with Gasteiger partial charge in [0, 0.05) is 12.7 Å². The van der Waals surface area contributed by atoms with Crippen LogP contribution >= 0.6 is 23.1 Å². The van der Waals surface area contributed by atoms with E-state index in [4.69, 9.17) is 0 Å². The van der Waals surface area contributed by atoms with E-state index in [1.54, 1.807) is 0 Å². The SMILES string of the molecule is CC(=O)Nc1nnc(SCC(=O)[O-])s1. The number of hydrogen-bond acceptors (Lipinski definition) is 7. The van der Waals surface area contributed by atoms with Crippen molar-refractivity contribution in [3.63, 3.8) is 0 Å². The lowest BCUT2D eigenvalue weighted by molar-refractivity contribution is -0.301. The van der Waals surface area contributed by atoms with Crippen molar-refractivity contribution in [2.45, 2.75) is 11.3 Å². The van der Waals surface area contributed by atoms with Gasteiger partial charge >= 0.3 is 0 Å². The highest BCUT2D eigenvalue weighted by Gasteiger charge is 2.05. The van der Waals surface area contributed by atoms with Crippen molar-refractivity contribution in [1.82, 2.24) is 10.2 Å². The van der Waals surface area contributed by atoms with Gasteiger partial charge in [-0.15, -0.1) is 10.2 Å². The van der Waals surface area contributed by atoms with Gasteiger partial charge in [-0.3, -0.25) is 4.79 Å². The minimum absolute atomic E-state index is 0.172. The molecule has 0 atom stereocenters. The number of carboxylic acid groups (broad SMARTS) is 1. The maximum absolute atomic E-state index is 10.6. The Kier molecular flexibility index (Phi) is 3.84. The second-order valence-corrected chi connectivity index (χ2v) is 4.41. The first-order valence-electron chi connectivity index (χ1n) is 3.51. The van der Waals surface area contributed by atoms with Crippen LogP contribution in [0.25, 0.3) is 0 Å². The topological polar surface area (TPSA) is 95.0 Å². The van der Waals surface area contributed by atoms with Crippen LogP contribution < -0.4 is 10.4 Å². The highest BCUT2D eigenvalue weighted by Crippen LogP contribution is 2.24. The number of rotatable bonds is 4. The largest absolute Gasteiger partial charge is 0.549 e. The minimum atomic E-state index is -1.16. The Balaban J connectivity index is 2.50. The van der Waals surface area contributed by atoms with Crippen molar-refractivity contribution < 1.29 is 14.7 Å². The lowest BCUT2D eigenvalue weighted by atomic mass is 10.7. The quantitative estimate of drug-likeness (QED) is 0.547. The molecular formula is C6H6N3O3S2-. The Hall–Kier alpha value is -1.15. The molecule has 0 aliphatic heterocycles. The zero-order valence-electron chi connectivity index (χ0n) is 7.14. The molecule has 1 N–H and O–H groups in total. The molecule has 8 heteroatoms. The number of anilines is 1. The van der Waals surface area contributed by atoms with Gasteiger partial charge in [0.1, 0.15) is 0 Å². The molecule has 0 fully saturated rings. The van der Waals surface area contributed by atoms with Gasteiger partial charge < -0.3 is 15.2 Å². The Bertz CT molecular complexity index is 352. The van der Waals surface area contributed by atoms with Gasteiger partial charge in [-0.1, -0.05) is 23.1 Å². The zero-order chi connectivity index (χ0) is 10.6. The van der Waals surface area contributed by atoms with E-state index >= 15 is 0 Å². The summed E-state index contributed by atoms with van der Waals surface area (Å²) in [5.41, 5.74) is 0. The van der Waals surface area contributed by atoms with Gasteiger partial charge in [0.2, 0.25) is 11.0 Å². The summed E-state index contributed by atoms with van der Waals surface area (Å²) in [6.45, 7) is 1.36. The van der Waals surface area contributed by atoms with Crippen LogP contribution in [0, 0.1) is 0 Å². The molecule has 0 saturated carbocycles. The summed E-state index contributed by atoms with van der Waals surface area (Å²) in [5.74, 6) is -1.57. The fourth-order valence-corrected chi connectivity index (χ4v) is 2.10. The molecular weight excluding hydrogens is 226 g/mol. The van der Waals surface area contributed by atoms with Crippen molar-refractivity contribution in [2.75, 3.05) is 11.1 Å². The van der Waals surface area contributed by atoms with Crippen molar-refractivity contribution in [1.29, 1.82) is 0 Å². The predicted octanol–water partition coefficient (Wildman–Crippen LogP) is -0.662. The van der Waals surface area contributed by atoms with Gasteiger partial charge in [-0.25, -0.2) is 0 Å². The highest BCUT2D eigenvalue weighted by atomic mass is 32.2. The molecule has 0 aliphatic rings. The van der Waals surface area contributed by atoms with Crippen LogP contribution in [-0.2, 0) is 9.59 Å². The first-order chi connectivity index (χ1) is 6.58. The first kappa shape index (κ1) is 10.9. The van der Waals surface area contributed by atoms with Crippen LogP contribution in [-0.4, -0.2) is 27.8 Å².